The number of rotatable bonds is 4. The quantitative estimate of drug-likeness (QED) is 0.630. The molecule has 4 nitrogen and oxygen atoms in total. The number of carbonyl (C=O) groups excluding carboxylic acids is 2. The Bertz CT molecular complexity index is 554. The van der Waals surface area contributed by atoms with Gasteiger partial charge in [0.15, 0.2) is 11.6 Å². The molecule has 0 atom stereocenters. The molecule has 0 aliphatic heterocycles. The van der Waals surface area contributed by atoms with Crippen molar-refractivity contribution in [1.29, 1.82) is 0 Å². The van der Waals surface area contributed by atoms with Gasteiger partial charge in [0.1, 0.15) is 0 Å². The minimum absolute atomic E-state index is 0.0588. The first-order chi connectivity index (χ1) is 8.16. The third-order valence-electron chi connectivity index (χ3n) is 1.98. The summed E-state index contributed by atoms with van der Waals surface area (Å²) in [5.41, 5.74) is 0. The number of hydrogen-bond donors (Lipinski definition) is 0. The van der Waals surface area contributed by atoms with E-state index in [1.807, 2.05) is 0 Å². The summed E-state index contributed by atoms with van der Waals surface area (Å²) in [5.74, 6) is -0.594. The Balaban J connectivity index is 2.07. The second kappa shape index (κ2) is 5.16. The second-order valence-electron chi connectivity index (χ2n) is 3.20. The Labute approximate surface area is 106 Å². The Morgan fingerprint density at radius 1 is 1.18 bits per heavy atom. The van der Waals surface area contributed by atoms with Crippen molar-refractivity contribution in [1.82, 2.24) is 9.97 Å². The number of carbonyl (C=O) groups is 2. The molecule has 0 saturated heterocycles. The van der Waals surface area contributed by atoms with Gasteiger partial charge < -0.3 is 0 Å². The summed E-state index contributed by atoms with van der Waals surface area (Å²) in [7, 11) is 0. The van der Waals surface area contributed by atoms with Crippen LogP contribution < -0.4 is 0 Å². The first-order valence-electron chi connectivity index (χ1n) is 4.75. The van der Waals surface area contributed by atoms with Crippen LogP contribution in [0, 0.1) is 0 Å². The molecule has 0 spiro atoms. The molecule has 0 bridgehead atoms. The van der Waals surface area contributed by atoms with Crippen LogP contribution in [0.4, 0.5) is 0 Å². The molecule has 17 heavy (non-hydrogen) atoms. The summed E-state index contributed by atoms with van der Waals surface area (Å²) in [4.78, 5) is 31.4. The van der Waals surface area contributed by atoms with Gasteiger partial charge in [-0.3, -0.25) is 9.59 Å². The Morgan fingerprint density at radius 3 is 2.47 bits per heavy atom. The van der Waals surface area contributed by atoms with Crippen LogP contribution in [-0.4, -0.2) is 21.5 Å². The molecule has 2 heterocycles. The molecule has 0 saturated carbocycles. The number of ketones is 2. The fourth-order valence-electron chi connectivity index (χ4n) is 1.22. The van der Waals surface area contributed by atoms with Crippen molar-refractivity contribution < 1.29 is 9.59 Å². The summed E-state index contributed by atoms with van der Waals surface area (Å²) >= 11 is 6.87. The highest BCUT2D eigenvalue weighted by molar-refractivity contribution is 7.18. The third-order valence-corrected chi connectivity index (χ3v) is 3.26. The van der Waals surface area contributed by atoms with Crippen LogP contribution >= 0.6 is 22.9 Å². The highest BCUT2D eigenvalue weighted by atomic mass is 35.5. The van der Waals surface area contributed by atoms with Gasteiger partial charge in [-0.25, -0.2) is 9.97 Å². The van der Waals surface area contributed by atoms with Gasteiger partial charge >= 0.3 is 0 Å². The molecule has 2 aromatic heterocycles. The first kappa shape index (κ1) is 11.9. The average molecular weight is 267 g/mol. The van der Waals surface area contributed by atoms with Crippen LogP contribution in [0.2, 0.25) is 4.34 Å². The van der Waals surface area contributed by atoms with E-state index in [9.17, 15) is 9.59 Å². The van der Waals surface area contributed by atoms with Gasteiger partial charge in [0.25, 0.3) is 0 Å². The molecular formula is C11H7ClN2O2S. The molecule has 0 radical (unpaired) electrons. The van der Waals surface area contributed by atoms with Crippen molar-refractivity contribution in [2.45, 2.75) is 6.42 Å². The molecule has 2 aromatic rings. The normalized spacial score (nSPS) is 10.2. The predicted molar refractivity (Wildman–Crippen MR) is 64.6 cm³/mol. The van der Waals surface area contributed by atoms with Gasteiger partial charge in [0.05, 0.1) is 15.6 Å². The highest BCUT2D eigenvalue weighted by Gasteiger charge is 2.16. The average Bonchev–Trinajstić information content (AvgIpc) is 2.77. The molecule has 0 fully saturated rings. The van der Waals surface area contributed by atoms with Crippen LogP contribution in [0.1, 0.15) is 26.7 Å². The largest absolute Gasteiger partial charge is 0.293 e. The van der Waals surface area contributed by atoms with E-state index in [-0.39, 0.29) is 23.8 Å². The standard InChI is InChI=1S/C11H7ClN2O2S/c12-10-3-2-9(17-10)7(15)6-8(16)11-13-4-1-5-14-11/h1-5H,6H2. The van der Waals surface area contributed by atoms with E-state index in [0.29, 0.717) is 9.21 Å². The maximum atomic E-state index is 11.7. The molecule has 0 amide bonds. The monoisotopic (exact) mass is 266 g/mol. The minimum Gasteiger partial charge on any atom is -0.293 e. The van der Waals surface area contributed by atoms with Crippen LogP contribution in [0.3, 0.4) is 0 Å². The Hall–Kier alpha value is -1.59. The predicted octanol–water partition coefficient (Wildman–Crippen LogP) is 2.65. The molecule has 6 heteroatoms. The fourth-order valence-corrected chi connectivity index (χ4v) is 2.20. The SMILES string of the molecule is O=C(CC(=O)c1ccc(Cl)s1)c1ncccn1. The lowest BCUT2D eigenvalue weighted by molar-refractivity contribution is 0.0890. The van der Waals surface area contributed by atoms with Gasteiger partial charge in [0.2, 0.25) is 5.78 Å². The lowest BCUT2D eigenvalue weighted by atomic mass is 10.1. The van der Waals surface area contributed by atoms with E-state index in [1.165, 1.54) is 12.4 Å². The van der Waals surface area contributed by atoms with Crippen LogP contribution in [0.15, 0.2) is 30.6 Å². The molecule has 0 aliphatic rings. The third kappa shape index (κ3) is 2.95. The van der Waals surface area contributed by atoms with Crippen molar-refractivity contribution in [3.05, 3.63) is 45.6 Å². The summed E-state index contributed by atoms with van der Waals surface area (Å²) in [5, 5.41) is 0. The van der Waals surface area contributed by atoms with Crippen molar-refractivity contribution in [2.24, 2.45) is 0 Å². The van der Waals surface area contributed by atoms with E-state index in [2.05, 4.69) is 9.97 Å². The number of aromatic nitrogens is 2. The van der Waals surface area contributed by atoms with Crippen molar-refractivity contribution in [3.8, 4) is 0 Å². The highest BCUT2D eigenvalue weighted by Crippen LogP contribution is 2.22. The van der Waals surface area contributed by atoms with Crippen LogP contribution in [0.25, 0.3) is 0 Å². The molecular weight excluding hydrogens is 260 g/mol. The maximum Gasteiger partial charge on any atom is 0.207 e. The number of hydrogen-bond acceptors (Lipinski definition) is 5. The van der Waals surface area contributed by atoms with Crippen molar-refractivity contribution in [2.75, 3.05) is 0 Å². The fraction of sp³-hybridized carbons (Fsp3) is 0.0909. The lowest BCUT2D eigenvalue weighted by Crippen LogP contribution is -2.10. The lowest BCUT2D eigenvalue weighted by Gasteiger charge is -1.96. The van der Waals surface area contributed by atoms with Gasteiger partial charge in [-0.05, 0) is 18.2 Å². The van der Waals surface area contributed by atoms with Crippen molar-refractivity contribution in [3.63, 3.8) is 0 Å². The molecule has 0 unspecified atom stereocenters. The van der Waals surface area contributed by atoms with Gasteiger partial charge in [-0.2, -0.15) is 0 Å². The van der Waals surface area contributed by atoms with Crippen molar-refractivity contribution >= 4 is 34.5 Å². The smallest absolute Gasteiger partial charge is 0.207 e. The summed E-state index contributed by atoms with van der Waals surface area (Å²) in [6.45, 7) is 0. The Morgan fingerprint density at radius 2 is 1.88 bits per heavy atom. The van der Waals surface area contributed by atoms with Gasteiger partial charge in [-0.15, -0.1) is 11.3 Å². The molecule has 86 valence electrons. The Kier molecular flexibility index (Phi) is 3.61. The molecule has 0 aromatic carbocycles. The van der Waals surface area contributed by atoms with E-state index in [4.69, 9.17) is 11.6 Å². The van der Waals surface area contributed by atoms with E-state index in [1.54, 1.807) is 18.2 Å². The summed E-state index contributed by atoms with van der Waals surface area (Å²) in [6, 6.07) is 4.84. The minimum atomic E-state index is -0.389. The summed E-state index contributed by atoms with van der Waals surface area (Å²) < 4.78 is 0.525. The van der Waals surface area contributed by atoms with E-state index < -0.39 is 0 Å². The van der Waals surface area contributed by atoms with E-state index >= 15 is 0 Å². The molecule has 2 rings (SSSR count). The zero-order chi connectivity index (χ0) is 12.3. The van der Waals surface area contributed by atoms with Gasteiger partial charge in [-0.1, -0.05) is 11.6 Å². The topological polar surface area (TPSA) is 59.9 Å². The summed E-state index contributed by atoms with van der Waals surface area (Å²) in [6.07, 6.45) is 2.69. The zero-order valence-corrected chi connectivity index (χ0v) is 10.2. The van der Waals surface area contributed by atoms with Crippen LogP contribution in [-0.2, 0) is 0 Å². The van der Waals surface area contributed by atoms with Crippen LogP contribution in [0.5, 0.6) is 0 Å². The first-order valence-corrected chi connectivity index (χ1v) is 5.95. The number of nitrogens with zero attached hydrogens (tertiary/aromatic N) is 2. The molecule has 0 N–H and O–H groups in total. The van der Waals surface area contributed by atoms with Gasteiger partial charge in [0, 0.05) is 12.4 Å². The number of thiophene rings is 1. The number of halogens is 1. The van der Waals surface area contributed by atoms with E-state index in [0.717, 1.165) is 11.3 Å². The zero-order valence-electron chi connectivity index (χ0n) is 8.59. The number of Topliss-reactive ketones (excluding diaryl/α,β-unsaturated/α-hetero) is 2. The second-order valence-corrected chi connectivity index (χ2v) is 4.91. The molecule has 0 aliphatic carbocycles. The maximum absolute atomic E-state index is 11.7.